The van der Waals surface area contributed by atoms with Crippen LogP contribution in [-0.2, 0) is 9.59 Å². The maximum absolute atomic E-state index is 13.2. The maximum Gasteiger partial charge on any atom is 0.279 e. The largest absolute Gasteiger partial charge is 0.289 e. The van der Waals surface area contributed by atoms with E-state index in [4.69, 9.17) is 0 Å². The molecule has 0 heterocycles. The van der Waals surface area contributed by atoms with Gasteiger partial charge >= 0.3 is 0 Å². The van der Waals surface area contributed by atoms with Crippen molar-refractivity contribution in [3.63, 3.8) is 0 Å². The van der Waals surface area contributed by atoms with Crippen LogP contribution in [0.4, 0.5) is 22.7 Å². The highest BCUT2D eigenvalue weighted by molar-refractivity contribution is 6.12. The number of rotatable bonds is 7. The van der Waals surface area contributed by atoms with Gasteiger partial charge in [0.05, 0.1) is 44.7 Å². The number of carbonyl (C=O) groups excluding carboxylic acids is 2. The number of benzene rings is 2. The lowest BCUT2D eigenvalue weighted by Crippen LogP contribution is -2.27. The summed E-state index contributed by atoms with van der Waals surface area (Å²) in [5, 5.41) is 41.1. The highest BCUT2D eigenvalue weighted by Gasteiger charge is 2.35. The van der Waals surface area contributed by atoms with Crippen molar-refractivity contribution < 1.29 is 19.4 Å². The predicted molar refractivity (Wildman–Crippen MR) is 211 cm³/mol. The van der Waals surface area contributed by atoms with E-state index in [2.05, 4.69) is 20.5 Å². The van der Waals surface area contributed by atoms with E-state index < -0.39 is 42.9 Å². The molecule has 282 valence electrons. The number of nitro groups is 2. The summed E-state index contributed by atoms with van der Waals surface area (Å²) in [5.41, 5.74) is 1.81. The molecule has 0 saturated heterocycles. The van der Waals surface area contributed by atoms with Crippen molar-refractivity contribution in [2.45, 2.75) is 83.1 Å². The molecule has 0 unspecified atom stereocenters. The SMILES string of the molecule is CC(C)(C)C1=CC(=CN=Nc2ccc(-c3ccc(N=NC=C4C=C(C(C)(C)C)C(=O)C(C(C)(C)C)=C4)cc3[N+](=O)[O-])c([N+](=O)[O-])c2)C=C(C(C)(C)C)C1=O. The average Bonchev–Trinajstić information content (AvgIpc) is 3.03. The second-order valence-corrected chi connectivity index (χ2v) is 17.5. The summed E-state index contributed by atoms with van der Waals surface area (Å²) in [4.78, 5) is 49.7. The van der Waals surface area contributed by atoms with E-state index in [0.717, 1.165) is 0 Å². The number of nitrogens with zero attached hydrogens (tertiary/aromatic N) is 6. The van der Waals surface area contributed by atoms with E-state index in [1.54, 1.807) is 24.3 Å². The van der Waals surface area contributed by atoms with Gasteiger partial charge in [-0.05, 0) is 81.4 Å². The third-order valence-corrected chi connectivity index (χ3v) is 8.86. The summed E-state index contributed by atoms with van der Waals surface area (Å²) in [6, 6.07) is 8.16. The van der Waals surface area contributed by atoms with E-state index in [-0.39, 0.29) is 34.1 Å². The molecule has 12 nitrogen and oxygen atoms in total. The zero-order valence-corrected chi connectivity index (χ0v) is 33.1. The molecule has 2 aliphatic rings. The summed E-state index contributed by atoms with van der Waals surface area (Å²) in [6.45, 7) is 23.6. The van der Waals surface area contributed by atoms with Gasteiger partial charge in [-0.2, -0.15) is 20.5 Å². The van der Waals surface area contributed by atoms with Crippen LogP contribution < -0.4 is 0 Å². The number of nitro benzene ring substituents is 2. The van der Waals surface area contributed by atoms with Crippen molar-refractivity contribution in [3.8, 4) is 11.1 Å². The predicted octanol–water partition coefficient (Wildman–Crippen LogP) is 12.2. The fourth-order valence-electron chi connectivity index (χ4n) is 5.93. The smallest absolute Gasteiger partial charge is 0.279 e. The first-order valence-corrected chi connectivity index (χ1v) is 17.6. The van der Waals surface area contributed by atoms with Crippen LogP contribution in [0, 0.1) is 41.9 Å². The van der Waals surface area contributed by atoms with Gasteiger partial charge in [-0.15, -0.1) is 0 Å². The second kappa shape index (κ2) is 14.9. The van der Waals surface area contributed by atoms with Crippen molar-refractivity contribution in [1.29, 1.82) is 0 Å². The minimum atomic E-state index is -0.632. The molecular weight excluding hydrogens is 684 g/mol. The van der Waals surface area contributed by atoms with Gasteiger partial charge in [0.2, 0.25) is 0 Å². The van der Waals surface area contributed by atoms with E-state index in [9.17, 15) is 29.8 Å². The molecule has 0 atom stereocenters. The molecule has 54 heavy (non-hydrogen) atoms. The van der Waals surface area contributed by atoms with Crippen LogP contribution in [0.25, 0.3) is 11.1 Å². The molecule has 2 aliphatic carbocycles. The van der Waals surface area contributed by atoms with E-state index in [0.29, 0.717) is 33.4 Å². The third kappa shape index (κ3) is 9.41. The summed E-state index contributed by atoms with van der Waals surface area (Å²) >= 11 is 0. The van der Waals surface area contributed by atoms with Crippen LogP contribution in [-0.4, -0.2) is 21.4 Å². The lowest BCUT2D eigenvalue weighted by atomic mass is 9.72. The zero-order chi connectivity index (χ0) is 40.6. The van der Waals surface area contributed by atoms with Crippen LogP contribution >= 0.6 is 0 Å². The fourth-order valence-corrected chi connectivity index (χ4v) is 5.93. The van der Waals surface area contributed by atoms with Crippen molar-refractivity contribution in [3.05, 3.63) is 127 Å². The zero-order valence-electron chi connectivity index (χ0n) is 33.1. The minimum Gasteiger partial charge on any atom is -0.289 e. The first-order chi connectivity index (χ1) is 24.8. The Bertz CT molecular complexity index is 1960. The number of carbonyl (C=O) groups is 2. The van der Waals surface area contributed by atoms with Crippen LogP contribution in [0.5, 0.6) is 0 Å². The monoisotopic (exact) mass is 732 g/mol. The Morgan fingerprint density at radius 1 is 0.500 bits per heavy atom. The van der Waals surface area contributed by atoms with Gasteiger partial charge in [0.1, 0.15) is 0 Å². The first-order valence-electron chi connectivity index (χ1n) is 17.6. The Labute approximate surface area is 316 Å². The summed E-state index contributed by atoms with van der Waals surface area (Å²) in [6.07, 6.45) is 10.1. The molecule has 2 aromatic carbocycles. The highest BCUT2D eigenvalue weighted by Crippen LogP contribution is 2.42. The number of allylic oxidation sites excluding steroid dienone is 10. The van der Waals surface area contributed by atoms with Crippen LogP contribution in [0.1, 0.15) is 83.1 Å². The van der Waals surface area contributed by atoms with Crippen molar-refractivity contribution in [2.24, 2.45) is 42.1 Å². The van der Waals surface area contributed by atoms with Gasteiger partial charge < -0.3 is 0 Å². The van der Waals surface area contributed by atoms with Gasteiger partial charge in [0.15, 0.2) is 11.6 Å². The quantitative estimate of drug-likeness (QED) is 0.156. The van der Waals surface area contributed by atoms with Crippen LogP contribution in [0.2, 0.25) is 0 Å². The summed E-state index contributed by atoms with van der Waals surface area (Å²) in [7, 11) is 0. The Kier molecular flexibility index (Phi) is 11.3. The molecule has 0 saturated carbocycles. The topological polar surface area (TPSA) is 170 Å². The van der Waals surface area contributed by atoms with Gasteiger partial charge in [0, 0.05) is 34.4 Å². The average molecular weight is 733 g/mol. The van der Waals surface area contributed by atoms with Crippen LogP contribution in [0.3, 0.4) is 0 Å². The number of ketones is 2. The van der Waals surface area contributed by atoms with Crippen molar-refractivity contribution in [1.82, 2.24) is 0 Å². The van der Waals surface area contributed by atoms with E-state index in [1.807, 2.05) is 83.1 Å². The molecule has 0 spiro atoms. The molecule has 0 bridgehead atoms. The summed E-state index contributed by atoms with van der Waals surface area (Å²) in [5.74, 6) is -0.0365. The third-order valence-electron chi connectivity index (χ3n) is 8.86. The molecule has 2 aromatic rings. The molecule has 0 radical (unpaired) electrons. The Hall–Kier alpha value is -5.78. The number of Topliss-reactive ketones (excluding diaryl/α,β-unsaturated/α-hetero) is 2. The second-order valence-electron chi connectivity index (χ2n) is 17.5. The molecule has 12 heteroatoms. The van der Waals surface area contributed by atoms with Crippen LogP contribution in [0.15, 0.2) is 127 Å². The molecule has 0 N–H and O–H groups in total. The Morgan fingerprint density at radius 2 is 0.778 bits per heavy atom. The van der Waals surface area contributed by atoms with Gasteiger partial charge in [-0.1, -0.05) is 83.1 Å². The standard InChI is InChI=1S/C42H48N6O6/c1-39(2,3)31-17-25(18-32(37(31)49)40(4,5)6)23-43-45-27-13-15-29(35(21-27)47(51)52)30-16-14-28(22-36(30)48(53)54)46-44-24-26-19-33(41(7,8)9)38(50)34(20-26)42(10,11)12/h13-24H,1-12H3. The van der Waals surface area contributed by atoms with E-state index >= 15 is 0 Å². The molecule has 0 fully saturated rings. The number of hydrogen-bond donors (Lipinski definition) is 0. The van der Waals surface area contributed by atoms with Gasteiger partial charge in [0.25, 0.3) is 11.4 Å². The highest BCUT2D eigenvalue weighted by atomic mass is 16.6. The Balaban J connectivity index is 1.68. The van der Waals surface area contributed by atoms with Gasteiger partial charge in [-0.25, -0.2) is 0 Å². The lowest BCUT2D eigenvalue weighted by molar-refractivity contribution is -0.386. The van der Waals surface area contributed by atoms with E-state index in [1.165, 1.54) is 48.8 Å². The maximum atomic E-state index is 13.2. The number of azo groups is 2. The lowest BCUT2D eigenvalue weighted by Gasteiger charge is -2.31. The molecule has 0 amide bonds. The first kappa shape index (κ1) is 41.0. The minimum absolute atomic E-state index is 0.0162. The van der Waals surface area contributed by atoms with Crippen molar-refractivity contribution >= 4 is 34.3 Å². The molecule has 0 aliphatic heterocycles. The normalized spacial score (nSPS) is 16.0. The number of hydrogen-bond acceptors (Lipinski definition) is 10. The summed E-state index contributed by atoms with van der Waals surface area (Å²) < 4.78 is 0. The van der Waals surface area contributed by atoms with Gasteiger partial charge in [-0.3, -0.25) is 29.8 Å². The molecule has 0 aromatic heterocycles. The van der Waals surface area contributed by atoms with Crippen molar-refractivity contribution in [2.75, 3.05) is 0 Å². The molecular formula is C42H48N6O6. The Morgan fingerprint density at radius 3 is 1.02 bits per heavy atom. The fraction of sp³-hybridized carbons (Fsp3) is 0.381. The molecule has 4 rings (SSSR count).